The summed E-state index contributed by atoms with van der Waals surface area (Å²) in [4.78, 5) is 15.4. The van der Waals surface area contributed by atoms with E-state index < -0.39 is 17.7 Å². The monoisotopic (exact) mass is 414 g/mol. The number of halogens is 2. The maximum atomic E-state index is 14.6. The minimum absolute atomic E-state index is 0.142. The molecule has 1 amide bonds. The summed E-state index contributed by atoms with van der Waals surface area (Å²) in [6.45, 7) is 3.59. The van der Waals surface area contributed by atoms with Crippen molar-refractivity contribution in [2.75, 3.05) is 7.11 Å². The fourth-order valence-electron chi connectivity index (χ4n) is 2.98. The second kappa shape index (κ2) is 8.73. The zero-order valence-corrected chi connectivity index (χ0v) is 16.6. The predicted molar refractivity (Wildman–Crippen MR) is 108 cm³/mol. The highest BCUT2D eigenvalue weighted by Crippen LogP contribution is 2.25. The summed E-state index contributed by atoms with van der Waals surface area (Å²) in [6, 6.07) is 9.40. The van der Waals surface area contributed by atoms with E-state index in [0.29, 0.717) is 17.0 Å². The molecule has 7 nitrogen and oxygen atoms in total. The lowest BCUT2D eigenvalue weighted by Crippen LogP contribution is -2.20. The molecule has 9 heteroatoms. The summed E-state index contributed by atoms with van der Waals surface area (Å²) in [5.74, 6) is -1.58. The van der Waals surface area contributed by atoms with Crippen LogP contribution in [-0.4, -0.2) is 33.8 Å². The lowest BCUT2D eigenvalue weighted by atomic mass is 10.0. The van der Waals surface area contributed by atoms with Crippen LogP contribution in [0.2, 0.25) is 0 Å². The van der Waals surface area contributed by atoms with Crippen LogP contribution < -0.4 is 5.32 Å². The Morgan fingerprint density at radius 2 is 1.93 bits per heavy atom. The highest BCUT2D eigenvalue weighted by molar-refractivity contribution is 5.98. The van der Waals surface area contributed by atoms with E-state index in [1.165, 1.54) is 25.4 Å². The highest BCUT2D eigenvalue weighted by Gasteiger charge is 2.16. The first-order valence-electron chi connectivity index (χ1n) is 9.00. The van der Waals surface area contributed by atoms with E-state index in [9.17, 15) is 13.6 Å². The lowest BCUT2D eigenvalue weighted by Gasteiger charge is -2.09. The Kier molecular flexibility index (Phi) is 6.10. The van der Waals surface area contributed by atoms with Crippen molar-refractivity contribution in [3.05, 3.63) is 70.9 Å². The fraction of sp³-hybridized carbons (Fsp3) is 0.190. The molecule has 0 unspecified atom stereocenters. The first-order chi connectivity index (χ1) is 14.3. The number of carboxylic acid groups (broad SMARTS) is 1. The van der Waals surface area contributed by atoms with Crippen LogP contribution >= 0.6 is 0 Å². The van der Waals surface area contributed by atoms with E-state index in [0.717, 1.165) is 15.8 Å². The number of benzene rings is 2. The normalized spacial score (nSPS) is 11.4. The van der Waals surface area contributed by atoms with Crippen molar-refractivity contribution in [3.8, 4) is 16.9 Å². The maximum absolute atomic E-state index is 14.6. The van der Waals surface area contributed by atoms with E-state index in [1.54, 1.807) is 19.1 Å². The largest absolute Gasteiger partial charge is 0.465 e. The number of rotatable bonds is 6. The Bertz CT molecular complexity index is 1100. The van der Waals surface area contributed by atoms with Crippen LogP contribution in [-0.2, 0) is 11.4 Å². The third-order valence-electron chi connectivity index (χ3n) is 4.56. The van der Waals surface area contributed by atoms with Gasteiger partial charge < -0.3 is 15.3 Å². The Morgan fingerprint density at radius 1 is 1.23 bits per heavy atom. The molecule has 156 valence electrons. The molecule has 0 bridgehead atoms. The number of oxime groups is 1. The molecule has 0 aliphatic rings. The van der Waals surface area contributed by atoms with Gasteiger partial charge in [0.15, 0.2) is 11.6 Å². The first-order valence-corrected chi connectivity index (χ1v) is 9.00. The molecule has 3 aromatic rings. The van der Waals surface area contributed by atoms with Crippen molar-refractivity contribution in [2.24, 2.45) is 5.16 Å². The number of nitrogens with one attached hydrogen (secondary N) is 1. The number of hydrogen-bond acceptors (Lipinski definition) is 4. The molecule has 0 fully saturated rings. The highest BCUT2D eigenvalue weighted by atomic mass is 19.1. The van der Waals surface area contributed by atoms with Crippen molar-refractivity contribution in [1.29, 1.82) is 0 Å². The van der Waals surface area contributed by atoms with Crippen LogP contribution in [0.4, 0.5) is 13.6 Å². The first kappa shape index (κ1) is 21.0. The summed E-state index contributed by atoms with van der Waals surface area (Å²) in [5, 5.41) is 19.1. The quantitative estimate of drug-likeness (QED) is 0.466. The average molecular weight is 414 g/mol. The van der Waals surface area contributed by atoms with Gasteiger partial charge in [0.25, 0.3) is 0 Å². The number of amides is 1. The van der Waals surface area contributed by atoms with E-state index in [-0.39, 0.29) is 17.8 Å². The topological polar surface area (TPSA) is 88.7 Å². The summed E-state index contributed by atoms with van der Waals surface area (Å²) in [5.41, 5.74) is 3.16. The molecular weight excluding hydrogens is 394 g/mol. The fourth-order valence-corrected chi connectivity index (χ4v) is 2.98. The minimum atomic E-state index is -1.12. The van der Waals surface area contributed by atoms with Crippen molar-refractivity contribution >= 4 is 11.8 Å². The molecule has 0 aliphatic heterocycles. The second-order valence-corrected chi connectivity index (χ2v) is 6.59. The number of nitrogens with zero attached hydrogens (tertiary/aromatic N) is 3. The zero-order chi connectivity index (χ0) is 21.8. The van der Waals surface area contributed by atoms with Crippen LogP contribution in [0, 0.1) is 18.6 Å². The smallest absolute Gasteiger partial charge is 0.404 e. The molecule has 0 aliphatic carbocycles. The third-order valence-corrected chi connectivity index (χ3v) is 4.56. The van der Waals surface area contributed by atoms with Crippen LogP contribution in [0.1, 0.15) is 23.6 Å². The molecule has 30 heavy (non-hydrogen) atoms. The van der Waals surface area contributed by atoms with Crippen molar-refractivity contribution in [2.45, 2.75) is 20.4 Å². The van der Waals surface area contributed by atoms with Gasteiger partial charge in [-0.15, -0.1) is 0 Å². The molecule has 0 spiro atoms. The molecule has 2 N–H and O–H groups in total. The number of hydrogen-bond donors (Lipinski definition) is 2. The van der Waals surface area contributed by atoms with Crippen molar-refractivity contribution in [3.63, 3.8) is 0 Å². The van der Waals surface area contributed by atoms with Crippen LogP contribution in [0.25, 0.3) is 16.9 Å². The van der Waals surface area contributed by atoms with Gasteiger partial charge in [0, 0.05) is 23.9 Å². The predicted octanol–water partition coefficient (Wildman–Crippen LogP) is 4.26. The molecule has 1 aromatic heterocycles. The van der Waals surface area contributed by atoms with Gasteiger partial charge in [0.2, 0.25) is 0 Å². The zero-order valence-electron chi connectivity index (χ0n) is 16.6. The molecule has 0 saturated carbocycles. The third kappa shape index (κ3) is 4.45. The number of carbonyl (C=O) groups is 1. The SMILES string of the molecule is CO/N=C(\C)c1cc(F)c(-n2ccc(-c3ccc(C)c(CNC(=O)O)c3)n2)c(F)c1. The van der Waals surface area contributed by atoms with Gasteiger partial charge in [0.05, 0.1) is 11.4 Å². The number of aromatic nitrogens is 2. The van der Waals surface area contributed by atoms with E-state index in [1.807, 2.05) is 19.1 Å². The maximum Gasteiger partial charge on any atom is 0.404 e. The summed E-state index contributed by atoms with van der Waals surface area (Å²) < 4.78 is 30.4. The Balaban J connectivity index is 1.95. The molecule has 0 atom stereocenters. The summed E-state index contributed by atoms with van der Waals surface area (Å²) >= 11 is 0. The Morgan fingerprint density at radius 3 is 2.57 bits per heavy atom. The second-order valence-electron chi connectivity index (χ2n) is 6.59. The van der Waals surface area contributed by atoms with Crippen molar-refractivity contribution < 1.29 is 23.5 Å². The van der Waals surface area contributed by atoms with Gasteiger partial charge in [-0.25, -0.2) is 18.3 Å². The number of aryl methyl sites for hydroxylation is 1. The summed E-state index contributed by atoms with van der Waals surface area (Å²) in [7, 11) is 1.35. The van der Waals surface area contributed by atoms with E-state index >= 15 is 0 Å². The van der Waals surface area contributed by atoms with Gasteiger partial charge in [-0.1, -0.05) is 17.3 Å². The molecule has 3 rings (SSSR count). The van der Waals surface area contributed by atoms with Crippen LogP contribution in [0.15, 0.2) is 47.8 Å². The standard InChI is InChI=1S/C21H20F2N4O3/c1-12-4-5-14(8-16(12)11-24-21(28)29)19-6-7-27(25-19)20-17(22)9-15(10-18(20)23)13(2)26-30-3/h4-10,24H,11H2,1-3H3,(H,28,29)/b26-13+. The van der Waals surface area contributed by atoms with Gasteiger partial charge >= 0.3 is 6.09 Å². The van der Waals surface area contributed by atoms with E-state index in [4.69, 9.17) is 5.11 Å². The van der Waals surface area contributed by atoms with Gasteiger partial charge in [0.1, 0.15) is 12.8 Å². The minimum Gasteiger partial charge on any atom is -0.465 e. The van der Waals surface area contributed by atoms with Crippen molar-refractivity contribution in [1.82, 2.24) is 15.1 Å². The van der Waals surface area contributed by atoms with Crippen LogP contribution in [0.3, 0.4) is 0 Å². The van der Waals surface area contributed by atoms with Gasteiger partial charge in [-0.3, -0.25) is 0 Å². The summed E-state index contributed by atoms with van der Waals surface area (Å²) in [6.07, 6.45) is 0.339. The van der Waals surface area contributed by atoms with Crippen LogP contribution in [0.5, 0.6) is 0 Å². The molecular formula is C21H20F2N4O3. The Labute approximate surface area is 171 Å². The molecule has 0 saturated heterocycles. The van der Waals surface area contributed by atoms with Gasteiger partial charge in [-0.2, -0.15) is 5.10 Å². The Hall–Kier alpha value is -3.75. The van der Waals surface area contributed by atoms with E-state index in [2.05, 4.69) is 20.4 Å². The van der Waals surface area contributed by atoms with Gasteiger partial charge in [-0.05, 0) is 49.2 Å². The average Bonchev–Trinajstić information content (AvgIpc) is 3.16. The lowest BCUT2D eigenvalue weighted by molar-refractivity contribution is 0.194. The molecule has 0 radical (unpaired) electrons. The molecule has 1 heterocycles. The molecule has 2 aromatic carbocycles.